The molecule has 2 nitrogen and oxygen atoms in total. The van der Waals surface area contributed by atoms with Crippen LogP contribution in [0.4, 0.5) is 0 Å². The van der Waals surface area contributed by atoms with Crippen molar-refractivity contribution in [3.05, 3.63) is 0 Å². The van der Waals surface area contributed by atoms with Crippen LogP contribution in [0.1, 0.15) is 60.3 Å². The molecule has 0 heterocycles. The van der Waals surface area contributed by atoms with Crippen molar-refractivity contribution in [2.45, 2.75) is 66.4 Å². The van der Waals surface area contributed by atoms with E-state index in [2.05, 4.69) is 20.8 Å². The third-order valence-corrected chi connectivity index (χ3v) is 3.30. The maximum Gasteiger partial charge on any atom is 0.138 e. The zero-order valence-electron chi connectivity index (χ0n) is 11.5. The maximum atomic E-state index is 11.7. The summed E-state index contributed by atoms with van der Waals surface area (Å²) in [6.45, 7) is 10.3. The number of ketones is 1. The standard InChI is InChI=1S/C14H28O2/c1-10(2)7-6-8-11(3)13(5)14(16)9-12(4)15/h10-13,15H,6-9H2,1-5H3/t11-,12?,13+/m0/s1. The van der Waals surface area contributed by atoms with Gasteiger partial charge in [0.2, 0.25) is 0 Å². The number of aliphatic hydroxyl groups is 1. The second kappa shape index (κ2) is 7.83. The first-order valence-electron chi connectivity index (χ1n) is 6.55. The molecule has 0 bridgehead atoms. The number of hydrogen-bond acceptors (Lipinski definition) is 2. The highest BCUT2D eigenvalue weighted by molar-refractivity contribution is 5.81. The smallest absolute Gasteiger partial charge is 0.138 e. The molecule has 0 aromatic rings. The summed E-state index contributed by atoms with van der Waals surface area (Å²) in [5, 5.41) is 9.18. The van der Waals surface area contributed by atoms with Gasteiger partial charge in [-0.1, -0.05) is 47.0 Å². The van der Waals surface area contributed by atoms with Crippen LogP contribution in [0.5, 0.6) is 0 Å². The number of carbonyl (C=O) groups is 1. The highest BCUT2D eigenvalue weighted by Gasteiger charge is 2.20. The molecule has 1 unspecified atom stereocenters. The van der Waals surface area contributed by atoms with Gasteiger partial charge in [0.15, 0.2) is 0 Å². The van der Waals surface area contributed by atoms with Crippen molar-refractivity contribution in [1.29, 1.82) is 0 Å². The molecule has 16 heavy (non-hydrogen) atoms. The maximum absolute atomic E-state index is 11.7. The summed E-state index contributed by atoms with van der Waals surface area (Å²) < 4.78 is 0. The van der Waals surface area contributed by atoms with Gasteiger partial charge in [0.1, 0.15) is 5.78 Å². The molecular weight excluding hydrogens is 200 g/mol. The zero-order chi connectivity index (χ0) is 12.7. The van der Waals surface area contributed by atoms with E-state index in [0.29, 0.717) is 12.3 Å². The van der Waals surface area contributed by atoms with Crippen LogP contribution in [-0.2, 0) is 4.79 Å². The Balaban J connectivity index is 3.88. The number of hydrogen-bond donors (Lipinski definition) is 1. The molecule has 2 heteroatoms. The number of aliphatic hydroxyl groups excluding tert-OH is 1. The second-order valence-electron chi connectivity index (χ2n) is 5.61. The van der Waals surface area contributed by atoms with Crippen molar-refractivity contribution in [2.24, 2.45) is 17.8 Å². The number of rotatable bonds is 8. The average molecular weight is 228 g/mol. The minimum Gasteiger partial charge on any atom is -0.393 e. The van der Waals surface area contributed by atoms with E-state index < -0.39 is 6.10 Å². The van der Waals surface area contributed by atoms with E-state index in [1.54, 1.807) is 6.92 Å². The second-order valence-corrected chi connectivity index (χ2v) is 5.61. The van der Waals surface area contributed by atoms with Gasteiger partial charge in [-0.3, -0.25) is 4.79 Å². The van der Waals surface area contributed by atoms with Gasteiger partial charge in [-0.25, -0.2) is 0 Å². The van der Waals surface area contributed by atoms with Crippen LogP contribution in [0.15, 0.2) is 0 Å². The Bertz CT molecular complexity index is 197. The van der Waals surface area contributed by atoms with Gasteiger partial charge in [-0.05, 0) is 18.8 Å². The van der Waals surface area contributed by atoms with Crippen LogP contribution in [0.25, 0.3) is 0 Å². The van der Waals surface area contributed by atoms with Crippen molar-refractivity contribution in [3.8, 4) is 0 Å². The van der Waals surface area contributed by atoms with Crippen LogP contribution in [0.2, 0.25) is 0 Å². The molecule has 0 saturated carbocycles. The summed E-state index contributed by atoms with van der Waals surface area (Å²) >= 11 is 0. The zero-order valence-corrected chi connectivity index (χ0v) is 11.5. The lowest BCUT2D eigenvalue weighted by molar-refractivity contribution is -0.125. The summed E-state index contributed by atoms with van der Waals surface area (Å²) in [6, 6.07) is 0. The summed E-state index contributed by atoms with van der Waals surface area (Å²) in [7, 11) is 0. The van der Waals surface area contributed by atoms with E-state index in [1.165, 1.54) is 12.8 Å². The minimum atomic E-state index is -0.502. The topological polar surface area (TPSA) is 37.3 Å². The molecule has 0 spiro atoms. The van der Waals surface area contributed by atoms with E-state index in [4.69, 9.17) is 0 Å². The van der Waals surface area contributed by atoms with E-state index in [9.17, 15) is 9.90 Å². The molecule has 0 amide bonds. The first-order chi connectivity index (χ1) is 7.34. The van der Waals surface area contributed by atoms with E-state index >= 15 is 0 Å². The van der Waals surface area contributed by atoms with Gasteiger partial charge in [-0.2, -0.15) is 0 Å². The molecule has 0 aliphatic rings. The van der Waals surface area contributed by atoms with Gasteiger partial charge < -0.3 is 5.11 Å². The van der Waals surface area contributed by atoms with Crippen LogP contribution in [-0.4, -0.2) is 17.0 Å². The van der Waals surface area contributed by atoms with Gasteiger partial charge in [0, 0.05) is 12.3 Å². The van der Waals surface area contributed by atoms with E-state index in [-0.39, 0.29) is 11.7 Å². The molecule has 0 rings (SSSR count). The van der Waals surface area contributed by atoms with Crippen LogP contribution < -0.4 is 0 Å². The Kier molecular flexibility index (Phi) is 7.65. The summed E-state index contributed by atoms with van der Waals surface area (Å²) in [6.07, 6.45) is 3.35. The number of Topliss-reactive ketones (excluding diaryl/α,β-unsaturated/α-hetero) is 1. The van der Waals surface area contributed by atoms with Crippen molar-refractivity contribution in [2.75, 3.05) is 0 Å². The summed E-state index contributed by atoms with van der Waals surface area (Å²) in [5.41, 5.74) is 0. The molecule has 0 aliphatic heterocycles. The Labute approximate surface area is 100 Å². The monoisotopic (exact) mass is 228 g/mol. The van der Waals surface area contributed by atoms with Gasteiger partial charge in [0.25, 0.3) is 0 Å². The number of carbonyl (C=O) groups excluding carboxylic acids is 1. The molecule has 0 fully saturated rings. The van der Waals surface area contributed by atoms with Gasteiger partial charge in [-0.15, -0.1) is 0 Å². The Morgan fingerprint density at radius 2 is 1.62 bits per heavy atom. The fourth-order valence-corrected chi connectivity index (χ4v) is 1.89. The molecular formula is C14H28O2. The predicted molar refractivity (Wildman–Crippen MR) is 68.3 cm³/mol. The molecule has 0 radical (unpaired) electrons. The highest BCUT2D eigenvalue weighted by atomic mass is 16.3. The van der Waals surface area contributed by atoms with Crippen molar-refractivity contribution in [1.82, 2.24) is 0 Å². The largest absolute Gasteiger partial charge is 0.393 e. The lowest BCUT2D eigenvalue weighted by Crippen LogP contribution is -2.22. The Morgan fingerprint density at radius 1 is 1.06 bits per heavy atom. The molecule has 96 valence electrons. The Morgan fingerprint density at radius 3 is 2.06 bits per heavy atom. The molecule has 0 aromatic heterocycles. The van der Waals surface area contributed by atoms with Crippen molar-refractivity contribution in [3.63, 3.8) is 0 Å². The lowest BCUT2D eigenvalue weighted by Gasteiger charge is -2.19. The van der Waals surface area contributed by atoms with Crippen molar-refractivity contribution >= 4 is 5.78 Å². The SMILES string of the molecule is CC(C)CCC[C@H](C)[C@@H](C)C(=O)CC(C)O. The highest BCUT2D eigenvalue weighted by Crippen LogP contribution is 2.21. The lowest BCUT2D eigenvalue weighted by atomic mass is 9.85. The third-order valence-electron chi connectivity index (χ3n) is 3.30. The fourth-order valence-electron chi connectivity index (χ4n) is 1.89. The van der Waals surface area contributed by atoms with Crippen molar-refractivity contribution < 1.29 is 9.90 Å². The van der Waals surface area contributed by atoms with Gasteiger partial charge in [0.05, 0.1) is 6.10 Å². The normalized spacial score (nSPS) is 17.2. The van der Waals surface area contributed by atoms with Crippen LogP contribution in [0, 0.1) is 17.8 Å². The first kappa shape index (κ1) is 15.6. The average Bonchev–Trinajstić information content (AvgIpc) is 2.14. The van der Waals surface area contributed by atoms with Crippen LogP contribution in [0.3, 0.4) is 0 Å². The summed E-state index contributed by atoms with van der Waals surface area (Å²) in [5.74, 6) is 1.47. The quantitative estimate of drug-likeness (QED) is 0.691. The molecule has 0 aromatic carbocycles. The molecule has 1 N–H and O–H groups in total. The Hall–Kier alpha value is -0.370. The fraction of sp³-hybridized carbons (Fsp3) is 0.929. The van der Waals surface area contributed by atoms with Gasteiger partial charge >= 0.3 is 0 Å². The van der Waals surface area contributed by atoms with E-state index in [0.717, 1.165) is 12.3 Å². The molecule has 3 atom stereocenters. The third kappa shape index (κ3) is 7.00. The van der Waals surface area contributed by atoms with Crippen LogP contribution >= 0.6 is 0 Å². The predicted octanol–water partition coefficient (Wildman–Crippen LogP) is 3.42. The minimum absolute atomic E-state index is 0.0850. The van der Waals surface area contributed by atoms with E-state index in [1.807, 2.05) is 6.92 Å². The molecule has 0 saturated heterocycles. The summed E-state index contributed by atoms with van der Waals surface area (Å²) in [4.78, 5) is 11.7. The first-order valence-corrected chi connectivity index (χ1v) is 6.55. The molecule has 0 aliphatic carbocycles.